The average molecular weight is 385 g/mol. The smallest absolute Gasteiger partial charge is 0.335 e. The lowest BCUT2D eigenvalue weighted by Crippen LogP contribution is -2.51. The number of carboxylic acids is 1. The molecule has 3 rings (SSSR count). The van der Waals surface area contributed by atoms with Crippen molar-refractivity contribution in [3.05, 3.63) is 23.2 Å². The number of carbonyl (C=O) groups is 3. The van der Waals surface area contributed by atoms with Gasteiger partial charge in [0.2, 0.25) is 11.8 Å². The minimum Gasteiger partial charge on any atom is -0.479 e. The van der Waals surface area contributed by atoms with Gasteiger partial charge < -0.3 is 20.4 Å². The third-order valence-electron chi connectivity index (χ3n) is 4.46. The number of hydrogen-bond acceptors (Lipinski definition) is 5. The number of rotatable bonds is 3. The van der Waals surface area contributed by atoms with Gasteiger partial charge in [0.1, 0.15) is 0 Å². The Hall–Kier alpha value is -1.77. The number of amides is 2. The molecular weight excluding hydrogens is 368 g/mol. The number of carboxylic acid groups (broad SMARTS) is 1. The van der Waals surface area contributed by atoms with E-state index in [-0.39, 0.29) is 44.2 Å². The SMILES string of the molecule is O=C1Nc2cc(Cl)ccc2SC1CC(=O)N1CCC(O)(C(=O)O)CC1. The first-order valence-electron chi connectivity index (χ1n) is 7.79. The number of thioether (sulfide) groups is 1. The van der Waals surface area contributed by atoms with E-state index in [0.717, 1.165) is 4.90 Å². The fraction of sp³-hybridized carbons (Fsp3) is 0.438. The zero-order chi connectivity index (χ0) is 18.2. The van der Waals surface area contributed by atoms with Crippen molar-refractivity contribution >= 4 is 46.8 Å². The molecule has 2 aliphatic heterocycles. The lowest BCUT2D eigenvalue weighted by atomic mass is 9.91. The van der Waals surface area contributed by atoms with Crippen molar-refractivity contribution < 1.29 is 24.6 Å². The maximum Gasteiger partial charge on any atom is 0.335 e. The van der Waals surface area contributed by atoms with E-state index >= 15 is 0 Å². The van der Waals surface area contributed by atoms with Gasteiger partial charge in [-0.2, -0.15) is 0 Å². The highest BCUT2D eigenvalue weighted by molar-refractivity contribution is 8.01. The Bertz CT molecular complexity index is 733. The summed E-state index contributed by atoms with van der Waals surface area (Å²) in [6.45, 7) is 0.319. The number of aliphatic carboxylic acids is 1. The predicted molar refractivity (Wildman–Crippen MR) is 92.7 cm³/mol. The highest BCUT2D eigenvalue weighted by Crippen LogP contribution is 2.38. The van der Waals surface area contributed by atoms with E-state index in [2.05, 4.69) is 5.32 Å². The number of likely N-dealkylation sites (tertiary alicyclic amines) is 1. The molecule has 7 nitrogen and oxygen atoms in total. The Morgan fingerprint density at radius 2 is 2.04 bits per heavy atom. The molecule has 1 fully saturated rings. The minimum absolute atomic E-state index is 0.0145. The second kappa shape index (κ2) is 6.86. The van der Waals surface area contributed by atoms with Crippen LogP contribution in [0.1, 0.15) is 19.3 Å². The number of anilines is 1. The van der Waals surface area contributed by atoms with Crippen LogP contribution in [0.25, 0.3) is 0 Å². The number of piperidine rings is 1. The normalized spacial score (nSPS) is 22.1. The summed E-state index contributed by atoms with van der Waals surface area (Å²) in [7, 11) is 0. The molecule has 25 heavy (non-hydrogen) atoms. The summed E-state index contributed by atoms with van der Waals surface area (Å²) in [5, 5.41) is 21.7. The second-order valence-electron chi connectivity index (χ2n) is 6.16. The Labute approximate surface area is 153 Å². The second-order valence-corrected chi connectivity index (χ2v) is 7.84. The van der Waals surface area contributed by atoms with E-state index in [4.69, 9.17) is 16.7 Å². The number of hydrogen-bond donors (Lipinski definition) is 3. The third-order valence-corrected chi connectivity index (χ3v) is 5.97. The highest BCUT2D eigenvalue weighted by atomic mass is 35.5. The topological polar surface area (TPSA) is 107 Å². The Morgan fingerprint density at radius 1 is 1.36 bits per heavy atom. The Morgan fingerprint density at radius 3 is 2.68 bits per heavy atom. The van der Waals surface area contributed by atoms with Gasteiger partial charge in [-0.3, -0.25) is 9.59 Å². The van der Waals surface area contributed by atoms with Gasteiger partial charge in [-0.25, -0.2) is 4.79 Å². The Balaban J connectivity index is 1.61. The van der Waals surface area contributed by atoms with E-state index in [1.54, 1.807) is 18.2 Å². The standard InChI is InChI=1S/C16H17ClN2O5S/c17-9-1-2-11-10(7-9)18-14(21)12(25-11)8-13(20)19-5-3-16(24,4-6-19)15(22)23/h1-2,7,12,24H,3-6,8H2,(H,18,21)(H,22,23). The van der Waals surface area contributed by atoms with Crippen molar-refractivity contribution in [2.75, 3.05) is 18.4 Å². The zero-order valence-corrected chi connectivity index (χ0v) is 14.8. The van der Waals surface area contributed by atoms with E-state index in [9.17, 15) is 19.5 Å². The van der Waals surface area contributed by atoms with Gasteiger partial charge in [0, 0.05) is 42.3 Å². The lowest BCUT2D eigenvalue weighted by molar-refractivity contribution is -0.165. The molecule has 2 heterocycles. The summed E-state index contributed by atoms with van der Waals surface area (Å²) in [4.78, 5) is 38.0. The van der Waals surface area contributed by atoms with Crippen LogP contribution in [0.15, 0.2) is 23.1 Å². The van der Waals surface area contributed by atoms with E-state index in [0.29, 0.717) is 10.7 Å². The minimum atomic E-state index is -1.77. The molecule has 0 spiro atoms. The average Bonchev–Trinajstić information content (AvgIpc) is 2.56. The van der Waals surface area contributed by atoms with Crippen LogP contribution in [0.4, 0.5) is 5.69 Å². The van der Waals surface area contributed by atoms with Crippen molar-refractivity contribution in [2.45, 2.75) is 35.0 Å². The zero-order valence-electron chi connectivity index (χ0n) is 13.2. The van der Waals surface area contributed by atoms with Gasteiger partial charge in [-0.1, -0.05) is 11.6 Å². The van der Waals surface area contributed by atoms with Gasteiger partial charge in [0.15, 0.2) is 5.60 Å². The van der Waals surface area contributed by atoms with Crippen LogP contribution in [0.5, 0.6) is 0 Å². The predicted octanol–water partition coefficient (Wildman–Crippen LogP) is 1.58. The third kappa shape index (κ3) is 3.75. The monoisotopic (exact) mass is 384 g/mol. The molecule has 1 atom stereocenters. The quantitative estimate of drug-likeness (QED) is 0.730. The van der Waals surface area contributed by atoms with Crippen molar-refractivity contribution in [3.63, 3.8) is 0 Å². The van der Waals surface area contributed by atoms with Crippen LogP contribution >= 0.6 is 23.4 Å². The van der Waals surface area contributed by atoms with Gasteiger partial charge in [0.25, 0.3) is 0 Å². The molecule has 1 aromatic carbocycles. The number of fused-ring (bicyclic) bond motifs is 1. The first kappa shape index (κ1) is 18.0. The summed E-state index contributed by atoms with van der Waals surface area (Å²) in [5.74, 6) is -1.75. The number of carbonyl (C=O) groups excluding carboxylic acids is 2. The van der Waals surface area contributed by atoms with Gasteiger partial charge in [-0.05, 0) is 18.2 Å². The van der Waals surface area contributed by atoms with E-state index in [1.807, 2.05) is 0 Å². The van der Waals surface area contributed by atoms with Crippen LogP contribution < -0.4 is 5.32 Å². The fourth-order valence-corrected chi connectivity index (χ4v) is 4.14. The first-order chi connectivity index (χ1) is 11.8. The summed E-state index contributed by atoms with van der Waals surface area (Å²) in [6.07, 6.45) is -0.0110. The number of nitrogens with one attached hydrogen (secondary N) is 1. The van der Waals surface area contributed by atoms with Crippen LogP contribution in [0.2, 0.25) is 5.02 Å². The largest absolute Gasteiger partial charge is 0.479 e. The Kier molecular flexibility index (Phi) is 4.95. The lowest BCUT2D eigenvalue weighted by Gasteiger charge is -2.36. The molecular formula is C16H17ClN2O5S. The summed E-state index contributed by atoms with van der Waals surface area (Å²) >= 11 is 7.22. The van der Waals surface area contributed by atoms with Gasteiger partial charge >= 0.3 is 5.97 Å². The maximum absolute atomic E-state index is 12.4. The van der Waals surface area contributed by atoms with Crippen molar-refractivity contribution in [1.29, 1.82) is 0 Å². The van der Waals surface area contributed by atoms with Gasteiger partial charge in [-0.15, -0.1) is 11.8 Å². The molecule has 0 saturated carbocycles. The molecule has 0 radical (unpaired) electrons. The van der Waals surface area contributed by atoms with Crippen molar-refractivity contribution in [3.8, 4) is 0 Å². The molecule has 0 aliphatic carbocycles. The molecule has 134 valence electrons. The van der Waals surface area contributed by atoms with Crippen molar-refractivity contribution in [2.24, 2.45) is 0 Å². The first-order valence-corrected chi connectivity index (χ1v) is 9.05. The fourth-order valence-electron chi connectivity index (χ4n) is 2.88. The van der Waals surface area contributed by atoms with E-state index < -0.39 is 16.8 Å². The number of halogens is 1. The van der Waals surface area contributed by atoms with Crippen LogP contribution in [0.3, 0.4) is 0 Å². The molecule has 3 N–H and O–H groups in total. The number of aliphatic hydroxyl groups is 1. The van der Waals surface area contributed by atoms with Crippen LogP contribution in [-0.4, -0.2) is 56.8 Å². The number of benzene rings is 1. The van der Waals surface area contributed by atoms with Crippen molar-refractivity contribution in [1.82, 2.24) is 4.90 Å². The highest BCUT2D eigenvalue weighted by Gasteiger charge is 2.41. The van der Waals surface area contributed by atoms with E-state index in [1.165, 1.54) is 16.7 Å². The molecule has 1 saturated heterocycles. The summed E-state index contributed by atoms with van der Waals surface area (Å²) in [5.41, 5.74) is -1.14. The molecule has 9 heteroatoms. The maximum atomic E-state index is 12.4. The molecule has 1 aromatic rings. The summed E-state index contributed by atoms with van der Waals surface area (Å²) in [6, 6.07) is 5.19. The molecule has 2 aliphatic rings. The van der Waals surface area contributed by atoms with Crippen LogP contribution in [0, 0.1) is 0 Å². The van der Waals surface area contributed by atoms with Gasteiger partial charge in [0.05, 0.1) is 10.9 Å². The number of nitrogens with zero attached hydrogens (tertiary/aromatic N) is 1. The van der Waals surface area contributed by atoms with Crippen LogP contribution in [-0.2, 0) is 14.4 Å². The summed E-state index contributed by atoms with van der Waals surface area (Å²) < 4.78 is 0. The molecule has 0 bridgehead atoms. The molecule has 2 amide bonds. The molecule has 0 aromatic heterocycles. The molecule has 1 unspecified atom stereocenters.